The Labute approximate surface area is 215 Å². The van der Waals surface area contributed by atoms with Crippen molar-refractivity contribution in [1.82, 2.24) is 0 Å². The van der Waals surface area contributed by atoms with E-state index in [0.29, 0.717) is 11.6 Å². The second kappa shape index (κ2) is 8.51. The standard InChI is InChI=1S/C33H21N3O/c34-21-25-18-19-27(28-11-5-4-10-26(25)28)22-14-16-24(17-15-22)31-20-29(23-8-2-1-3-9-23)35-33-36(31)30-12-6-7-13-32(30)37-33/h1-20,29H. The molecule has 0 fully saturated rings. The van der Waals surface area contributed by atoms with E-state index in [9.17, 15) is 5.26 Å². The smallest absolute Gasteiger partial charge is 0.303 e. The van der Waals surface area contributed by atoms with E-state index in [0.717, 1.165) is 50.2 Å². The normalized spacial score (nSPS) is 15.8. The highest BCUT2D eigenvalue weighted by atomic mass is 16.5. The van der Waals surface area contributed by atoms with Gasteiger partial charge < -0.3 is 4.74 Å². The van der Waals surface area contributed by atoms with Crippen molar-refractivity contribution in [3.8, 4) is 22.9 Å². The lowest BCUT2D eigenvalue weighted by Crippen LogP contribution is -2.31. The Balaban J connectivity index is 1.33. The first kappa shape index (κ1) is 21.2. The zero-order valence-electron chi connectivity index (χ0n) is 19.9. The van der Waals surface area contributed by atoms with E-state index in [-0.39, 0.29) is 6.04 Å². The second-order valence-corrected chi connectivity index (χ2v) is 9.12. The minimum Gasteiger partial charge on any atom is -0.423 e. The van der Waals surface area contributed by atoms with Gasteiger partial charge in [0.15, 0.2) is 5.75 Å². The zero-order chi connectivity index (χ0) is 24.8. The third kappa shape index (κ3) is 3.49. The number of ether oxygens (including phenoxy) is 1. The molecule has 2 aliphatic rings. The Hall–Kier alpha value is -5.14. The number of nitrogens with zero attached hydrogens (tertiary/aromatic N) is 3. The summed E-state index contributed by atoms with van der Waals surface area (Å²) in [7, 11) is 0. The van der Waals surface area contributed by atoms with Crippen LogP contribution in [0.1, 0.15) is 22.7 Å². The molecular weight excluding hydrogens is 454 g/mol. The van der Waals surface area contributed by atoms with Crippen molar-refractivity contribution in [2.24, 2.45) is 4.99 Å². The van der Waals surface area contributed by atoms with Crippen LogP contribution in [0.3, 0.4) is 0 Å². The number of nitriles is 1. The summed E-state index contributed by atoms with van der Waals surface area (Å²) < 4.78 is 6.19. The lowest BCUT2D eigenvalue weighted by molar-refractivity contribution is 0.556. The Morgan fingerprint density at radius 2 is 1.41 bits per heavy atom. The Bertz CT molecular complexity index is 1760. The molecule has 5 aromatic carbocycles. The third-order valence-corrected chi connectivity index (χ3v) is 6.98. The van der Waals surface area contributed by atoms with E-state index in [4.69, 9.17) is 9.73 Å². The van der Waals surface area contributed by atoms with E-state index in [1.807, 2.05) is 66.7 Å². The van der Waals surface area contributed by atoms with Crippen molar-refractivity contribution in [3.05, 3.63) is 138 Å². The van der Waals surface area contributed by atoms with Gasteiger partial charge in [-0.05, 0) is 51.9 Å². The molecular formula is C33H21N3O. The van der Waals surface area contributed by atoms with Crippen LogP contribution in [0.25, 0.3) is 27.6 Å². The molecule has 0 radical (unpaired) electrons. The molecule has 2 heterocycles. The fourth-order valence-electron chi connectivity index (χ4n) is 5.19. The van der Waals surface area contributed by atoms with E-state index >= 15 is 0 Å². The lowest BCUT2D eigenvalue weighted by atomic mass is 9.94. The first-order chi connectivity index (χ1) is 18.3. The average molecular weight is 476 g/mol. The van der Waals surface area contributed by atoms with Crippen LogP contribution < -0.4 is 9.64 Å². The van der Waals surface area contributed by atoms with Crippen molar-refractivity contribution < 1.29 is 4.74 Å². The van der Waals surface area contributed by atoms with Crippen LogP contribution in [-0.4, -0.2) is 6.02 Å². The number of para-hydroxylation sites is 2. The average Bonchev–Trinajstić information content (AvgIpc) is 3.35. The van der Waals surface area contributed by atoms with Gasteiger partial charge in [0.05, 0.1) is 23.0 Å². The van der Waals surface area contributed by atoms with Gasteiger partial charge >= 0.3 is 6.02 Å². The summed E-state index contributed by atoms with van der Waals surface area (Å²) in [5.41, 5.74) is 7.13. The summed E-state index contributed by atoms with van der Waals surface area (Å²) in [5.74, 6) is 0.807. The van der Waals surface area contributed by atoms with Crippen molar-refractivity contribution in [3.63, 3.8) is 0 Å². The van der Waals surface area contributed by atoms with Gasteiger partial charge in [-0.25, -0.2) is 4.99 Å². The molecule has 5 aromatic rings. The molecule has 1 atom stereocenters. The molecule has 0 spiro atoms. The molecule has 37 heavy (non-hydrogen) atoms. The number of amidine groups is 1. The first-order valence-corrected chi connectivity index (χ1v) is 12.2. The number of anilines is 1. The predicted octanol–water partition coefficient (Wildman–Crippen LogP) is 7.73. The van der Waals surface area contributed by atoms with Crippen LogP contribution in [0, 0.1) is 11.3 Å². The van der Waals surface area contributed by atoms with Gasteiger partial charge in [0.25, 0.3) is 0 Å². The maximum Gasteiger partial charge on any atom is 0.303 e. The quantitative estimate of drug-likeness (QED) is 0.268. The predicted molar refractivity (Wildman–Crippen MR) is 148 cm³/mol. The molecule has 0 bridgehead atoms. The van der Waals surface area contributed by atoms with Crippen molar-refractivity contribution in [1.29, 1.82) is 5.26 Å². The maximum absolute atomic E-state index is 9.55. The van der Waals surface area contributed by atoms with Crippen molar-refractivity contribution in [2.45, 2.75) is 6.04 Å². The van der Waals surface area contributed by atoms with Gasteiger partial charge in [0.2, 0.25) is 0 Å². The van der Waals surface area contributed by atoms with Crippen LogP contribution in [-0.2, 0) is 0 Å². The lowest BCUT2D eigenvalue weighted by Gasteiger charge is -2.27. The van der Waals surface area contributed by atoms with Gasteiger partial charge in [-0.15, -0.1) is 0 Å². The molecule has 1 unspecified atom stereocenters. The van der Waals surface area contributed by atoms with Gasteiger partial charge in [-0.2, -0.15) is 5.26 Å². The van der Waals surface area contributed by atoms with E-state index in [1.54, 1.807) is 0 Å². The summed E-state index contributed by atoms with van der Waals surface area (Å²) in [6, 6.07) is 41.7. The molecule has 7 rings (SSSR count). The van der Waals surface area contributed by atoms with Gasteiger partial charge in [0.1, 0.15) is 6.04 Å². The number of hydrogen-bond acceptors (Lipinski definition) is 4. The highest BCUT2D eigenvalue weighted by Gasteiger charge is 2.35. The molecule has 0 aromatic heterocycles. The van der Waals surface area contributed by atoms with E-state index in [2.05, 4.69) is 65.6 Å². The minimum absolute atomic E-state index is 0.140. The Morgan fingerprint density at radius 1 is 0.703 bits per heavy atom. The molecule has 2 aliphatic heterocycles. The number of benzene rings is 5. The molecule has 0 aliphatic carbocycles. The summed E-state index contributed by atoms with van der Waals surface area (Å²) in [4.78, 5) is 7.04. The molecule has 4 nitrogen and oxygen atoms in total. The maximum atomic E-state index is 9.55. The van der Waals surface area contributed by atoms with Gasteiger partial charge in [0, 0.05) is 5.39 Å². The van der Waals surface area contributed by atoms with Crippen LogP contribution in [0.5, 0.6) is 5.75 Å². The fourth-order valence-corrected chi connectivity index (χ4v) is 5.19. The number of aliphatic imine (C=N–C) groups is 1. The van der Waals surface area contributed by atoms with Crippen molar-refractivity contribution in [2.75, 3.05) is 4.90 Å². The minimum atomic E-state index is -0.140. The monoisotopic (exact) mass is 475 g/mol. The van der Waals surface area contributed by atoms with Crippen LogP contribution >= 0.6 is 0 Å². The molecule has 0 N–H and O–H groups in total. The van der Waals surface area contributed by atoms with Crippen LogP contribution in [0.4, 0.5) is 5.69 Å². The fraction of sp³-hybridized carbons (Fsp3) is 0.0303. The number of hydrogen-bond donors (Lipinski definition) is 0. The second-order valence-electron chi connectivity index (χ2n) is 9.12. The first-order valence-electron chi connectivity index (χ1n) is 12.2. The summed E-state index contributed by atoms with van der Waals surface area (Å²) in [6.07, 6.45) is 2.20. The Morgan fingerprint density at radius 3 is 2.22 bits per heavy atom. The number of rotatable bonds is 3. The van der Waals surface area contributed by atoms with E-state index in [1.165, 1.54) is 0 Å². The molecule has 174 valence electrons. The number of fused-ring (bicyclic) bond motifs is 4. The van der Waals surface area contributed by atoms with E-state index < -0.39 is 0 Å². The topological polar surface area (TPSA) is 48.6 Å². The Kier molecular flexibility index (Phi) is 4.87. The highest BCUT2D eigenvalue weighted by molar-refractivity contribution is 6.12. The van der Waals surface area contributed by atoms with Crippen LogP contribution in [0.15, 0.2) is 126 Å². The summed E-state index contributed by atoms with van der Waals surface area (Å²) in [5, 5.41) is 11.6. The van der Waals surface area contributed by atoms with Gasteiger partial charge in [-0.3, -0.25) is 4.90 Å². The largest absolute Gasteiger partial charge is 0.423 e. The van der Waals surface area contributed by atoms with Gasteiger partial charge in [-0.1, -0.05) is 97.1 Å². The summed E-state index contributed by atoms with van der Waals surface area (Å²) >= 11 is 0. The molecule has 0 saturated carbocycles. The summed E-state index contributed by atoms with van der Waals surface area (Å²) in [6.45, 7) is 0. The molecule has 0 amide bonds. The van der Waals surface area contributed by atoms with Crippen molar-refractivity contribution >= 4 is 28.2 Å². The SMILES string of the molecule is N#Cc1ccc(-c2ccc(C3=CC(c4ccccc4)N=C4Oc5ccccc5N34)cc2)c2ccccc12. The third-order valence-electron chi connectivity index (χ3n) is 6.98. The zero-order valence-corrected chi connectivity index (χ0v) is 19.9. The molecule has 0 saturated heterocycles. The highest BCUT2D eigenvalue weighted by Crippen LogP contribution is 2.44. The molecule has 4 heteroatoms. The van der Waals surface area contributed by atoms with Crippen LogP contribution in [0.2, 0.25) is 0 Å².